The molecule has 1 saturated heterocycles. The lowest BCUT2D eigenvalue weighted by Crippen LogP contribution is -2.45. The minimum atomic E-state index is -0.0707. The van der Waals surface area contributed by atoms with Crippen LogP contribution in [-0.4, -0.2) is 37.0 Å². The number of aryl methyl sites for hydroxylation is 1. The molecule has 1 aliphatic rings. The molecule has 0 aliphatic carbocycles. The molecule has 1 aliphatic heterocycles. The number of para-hydroxylation sites is 1. The number of anilines is 2. The first-order chi connectivity index (χ1) is 14.2. The van der Waals surface area contributed by atoms with Crippen LogP contribution in [0, 0.1) is 6.92 Å². The van der Waals surface area contributed by atoms with Gasteiger partial charge >= 0.3 is 0 Å². The number of amides is 1. The molecule has 0 spiro atoms. The van der Waals surface area contributed by atoms with Crippen LogP contribution in [0.3, 0.4) is 0 Å². The van der Waals surface area contributed by atoms with Crippen molar-refractivity contribution in [3.8, 4) is 0 Å². The average Bonchev–Trinajstić information content (AvgIpc) is 2.75. The maximum atomic E-state index is 12.5. The molecule has 4 nitrogen and oxygen atoms in total. The summed E-state index contributed by atoms with van der Waals surface area (Å²) >= 11 is 0. The predicted octanol–water partition coefficient (Wildman–Crippen LogP) is 4.57. The number of carbonyl (C=O) groups excluding carboxylic acids is 1. The van der Waals surface area contributed by atoms with Crippen molar-refractivity contribution in [3.05, 3.63) is 95.6 Å². The predicted molar refractivity (Wildman–Crippen MR) is 120 cm³/mol. The lowest BCUT2D eigenvalue weighted by molar-refractivity contribution is 0.102. The maximum absolute atomic E-state index is 12.5. The summed E-state index contributed by atoms with van der Waals surface area (Å²) in [5.41, 5.74) is 5.19. The first kappa shape index (κ1) is 19.2. The van der Waals surface area contributed by atoms with Crippen LogP contribution in [0.5, 0.6) is 0 Å². The summed E-state index contributed by atoms with van der Waals surface area (Å²) in [7, 11) is 0. The van der Waals surface area contributed by atoms with Crippen molar-refractivity contribution in [2.24, 2.45) is 0 Å². The van der Waals surface area contributed by atoms with Gasteiger partial charge in [0.1, 0.15) is 0 Å². The fourth-order valence-electron chi connectivity index (χ4n) is 3.75. The highest BCUT2D eigenvalue weighted by molar-refractivity contribution is 6.04. The third-order valence-corrected chi connectivity index (χ3v) is 5.39. The summed E-state index contributed by atoms with van der Waals surface area (Å²) in [6.07, 6.45) is 0. The van der Waals surface area contributed by atoms with Gasteiger partial charge in [-0.1, -0.05) is 42.5 Å². The number of hydrogen-bond donors (Lipinski definition) is 1. The van der Waals surface area contributed by atoms with Gasteiger partial charge < -0.3 is 10.2 Å². The zero-order chi connectivity index (χ0) is 20.1. The minimum absolute atomic E-state index is 0.0707. The Morgan fingerprint density at radius 2 is 1.59 bits per heavy atom. The molecule has 1 amide bonds. The molecule has 0 saturated carbocycles. The fourth-order valence-corrected chi connectivity index (χ4v) is 3.75. The number of nitrogens with one attached hydrogen (secondary N) is 1. The van der Waals surface area contributed by atoms with Crippen molar-refractivity contribution in [1.82, 2.24) is 4.90 Å². The van der Waals surface area contributed by atoms with E-state index in [1.54, 1.807) is 0 Å². The number of hydrogen-bond acceptors (Lipinski definition) is 3. The fraction of sp³-hybridized carbons (Fsp3) is 0.240. The molecule has 148 valence electrons. The van der Waals surface area contributed by atoms with Crippen LogP contribution >= 0.6 is 0 Å². The van der Waals surface area contributed by atoms with Gasteiger partial charge in [-0.05, 0) is 54.4 Å². The summed E-state index contributed by atoms with van der Waals surface area (Å²) in [6, 6.07) is 26.4. The third kappa shape index (κ3) is 5.04. The molecular formula is C25H27N3O. The van der Waals surface area contributed by atoms with E-state index in [1.165, 1.54) is 11.3 Å². The molecule has 4 heteroatoms. The number of nitrogens with zero attached hydrogens (tertiary/aromatic N) is 2. The zero-order valence-corrected chi connectivity index (χ0v) is 16.8. The molecule has 1 heterocycles. The van der Waals surface area contributed by atoms with E-state index < -0.39 is 0 Å². The molecule has 0 bridgehead atoms. The second-order valence-corrected chi connectivity index (χ2v) is 7.62. The van der Waals surface area contributed by atoms with E-state index in [1.807, 2.05) is 43.3 Å². The van der Waals surface area contributed by atoms with Crippen molar-refractivity contribution in [1.29, 1.82) is 0 Å². The highest BCUT2D eigenvalue weighted by Gasteiger charge is 2.17. The quantitative estimate of drug-likeness (QED) is 0.699. The van der Waals surface area contributed by atoms with Crippen LogP contribution in [-0.2, 0) is 6.54 Å². The van der Waals surface area contributed by atoms with Gasteiger partial charge in [-0.3, -0.25) is 9.69 Å². The number of piperazine rings is 1. The Morgan fingerprint density at radius 3 is 2.28 bits per heavy atom. The standard InChI is InChI=1S/C25H27N3O/c1-20-6-5-7-23(18-20)26-25(29)22-12-10-21(11-13-22)19-27-14-16-28(17-15-27)24-8-3-2-4-9-24/h2-13,18H,14-17,19H2,1H3,(H,26,29). The normalized spacial score (nSPS) is 14.6. The van der Waals surface area contributed by atoms with Gasteiger partial charge in [-0.25, -0.2) is 0 Å². The number of rotatable bonds is 5. The first-order valence-corrected chi connectivity index (χ1v) is 10.2. The molecule has 0 unspecified atom stereocenters. The Kier molecular flexibility index (Phi) is 5.92. The van der Waals surface area contributed by atoms with Crippen molar-refractivity contribution in [3.63, 3.8) is 0 Å². The SMILES string of the molecule is Cc1cccc(NC(=O)c2ccc(CN3CCN(c4ccccc4)CC3)cc2)c1. The minimum Gasteiger partial charge on any atom is -0.369 e. The van der Waals surface area contributed by atoms with E-state index in [0.29, 0.717) is 5.56 Å². The van der Waals surface area contributed by atoms with E-state index in [4.69, 9.17) is 0 Å². The van der Waals surface area contributed by atoms with Crippen molar-refractivity contribution in [2.45, 2.75) is 13.5 Å². The molecule has 3 aromatic carbocycles. The van der Waals surface area contributed by atoms with Gasteiger partial charge in [0.2, 0.25) is 0 Å². The Labute approximate surface area is 172 Å². The zero-order valence-electron chi connectivity index (χ0n) is 16.8. The lowest BCUT2D eigenvalue weighted by atomic mass is 10.1. The molecule has 4 rings (SSSR count). The monoisotopic (exact) mass is 385 g/mol. The van der Waals surface area contributed by atoms with Crippen molar-refractivity contribution in [2.75, 3.05) is 36.4 Å². The topological polar surface area (TPSA) is 35.6 Å². The van der Waals surface area contributed by atoms with Crippen LogP contribution in [0.2, 0.25) is 0 Å². The van der Waals surface area contributed by atoms with E-state index in [0.717, 1.165) is 44.0 Å². The molecule has 1 N–H and O–H groups in total. The van der Waals surface area contributed by atoms with Gasteiger partial charge in [0, 0.05) is 49.7 Å². The van der Waals surface area contributed by atoms with Crippen molar-refractivity contribution < 1.29 is 4.79 Å². The first-order valence-electron chi connectivity index (χ1n) is 10.2. The second-order valence-electron chi connectivity index (χ2n) is 7.62. The number of benzene rings is 3. The second kappa shape index (κ2) is 8.93. The van der Waals surface area contributed by atoms with E-state index in [9.17, 15) is 4.79 Å². The van der Waals surface area contributed by atoms with Crippen LogP contribution < -0.4 is 10.2 Å². The molecule has 1 fully saturated rings. The maximum Gasteiger partial charge on any atom is 0.255 e. The summed E-state index contributed by atoms with van der Waals surface area (Å²) < 4.78 is 0. The van der Waals surface area contributed by atoms with Crippen LogP contribution in [0.25, 0.3) is 0 Å². The van der Waals surface area contributed by atoms with E-state index >= 15 is 0 Å². The lowest BCUT2D eigenvalue weighted by Gasteiger charge is -2.36. The van der Waals surface area contributed by atoms with Gasteiger partial charge in [0.05, 0.1) is 0 Å². The van der Waals surface area contributed by atoms with Crippen LogP contribution in [0.4, 0.5) is 11.4 Å². The Balaban J connectivity index is 1.30. The van der Waals surface area contributed by atoms with Gasteiger partial charge in [-0.15, -0.1) is 0 Å². The Morgan fingerprint density at radius 1 is 0.862 bits per heavy atom. The van der Waals surface area contributed by atoms with E-state index in [-0.39, 0.29) is 5.91 Å². The summed E-state index contributed by atoms with van der Waals surface area (Å²) in [4.78, 5) is 17.4. The molecule has 0 aromatic heterocycles. The van der Waals surface area contributed by atoms with Crippen molar-refractivity contribution >= 4 is 17.3 Å². The molecular weight excluding hydrogens is 358 g/mol. The summed E-state index contributed by atoms with van der Waals surface area (Å²) in [6.45, 7) is 7.11. The Bertz CT molecular complexity index is 945. The van der Waals surface area contributed by atoms with Crippen LogP contribution in [0.1, 0.15) is 21.5 Å². The number of carbonyl (C=O) groups is 1. The third-order valence-electron chi connectivity index (χ3n) is 5.39. The largest absolute Gasteiger partial charge is 0.369 e. The molecule has 3 aromatic rings. The van der Waals surface area contributed by atoms with Gasteiger partial charge in [0.15, 0.2) is 0 Å². The molecule has 29 heavy (non-hydrogen) atoms. The Hall–Kier alpha value is -3.11. The van der Waals surface area contributed by atoms with Gasteiger partial charge in [0.25, 0.3) is 5.91 Å². The highest BCUT2D eigenvalue weighted by Crippen LogP contribution is 2.17. The summed E-state index contributed by atoms with van der Waals surface area (Å²) in [5.74, 6) is -0.0707. The average molecular weight is 386 g/mol. The van der Waals surface area contributed by atoms with E-state index in [2.05, 4.69) is 57.6 Å². The smallest absolute Gasteiger partial charge is 0.255 e. The van der Waals surface area contributed by atoms with Gasteiger partial charge in [-0.2, -0.15) is 0 Å². The molecule has 0 radical (unpaired) electrons. The highest BCUT2D eigenvalue weighted by atomic mass is 16.1. The molecule has 0 atom stereocenters. The van der Waals surface area contributed by atoms with Crippen LogP contribution in [0.15, 0.2) is 78.9 Å². The summed E-state index contributed by atoms with van der Waals surface area (Å²) in [5, 5.41) is 2.97.